The Morgan fingerprint density at radius 3 is 2.80 bits per heavy atom. The van der Waals surface area contributed by atoms with Crippen molar-refractivity contribution in [3.8, 4) is 5.69 Å². The van der Waals surface area contributed by atoms with Gasteiger partial charge < -0.3 is 11.1 Å². The molecule has 2 aromatic rings. The molecule has 0 aliphatic heterocycles. The molecule has 0 aliphatic rings. The molecule has 1 atom stereocenters. The maximum atomic E-state index is 12.1. The fraction of sp³-hybridized carbons (Fsp3) is 0.333. The first-order valence-electron chi connectivity index (χ1n) is 6.85. The Morgan fingerprint density at radius 1 is 1.40 bits per heavy atom. The summed E-state index contributed by atoms with van der Waals surface area (Å²) in [7, 11) is 0. The van der Waals surface area contributed by atoms with Gasteiger partial charge in [-0.3, -0.25) is 4.79 Å². The van der Waals surface area contributed by atoms with Crippen LogP contribution in [0.2, 0.25) is 0 Å². The van der Waals surface area contributed by atoms with Crippen molar-refractivity contribution in [1.29, 1.82) is 0 Å². The lowest BCUT2D eigenvalue weighted by molar-refractivity contribution is 0.0936. The first-order chi connectivity index (χ1) is 9.74. The van der Waals surface area contributed by atoms with Gasteiger partial charge in [-0.25, -0.2) is 4.68 Å². The fourth-order valence-corrected chi connectivity index (χ4v) is 2.03. The number of amides is 1. The number of nitrogens with two attached hydrogens (primary N) is 1. The Hall–Kier alpha value is -2.14. The molecule has 1 heterocycles. The summed E-state index contributed by atoms with van der Waals surface area (Å²) in [5.41, 5.74) is 7.12. The van der Waals surface area contributed by atoms with Gasteiger partial charge in [0.2, 0.25) is 0 Å². The zero-order valence-electron chi connectivity index (χ0n) is 11.6. The van der Waals surface area contributed by atoms with Crippen LogP contribution < -0.4 is 11.1 Å². The van der Waals surface area contributed by atoms with E-state index in [1.165, 1.54) is 0 Å². The highest BCUT2D eigenvalue weighted by atomic mass is 16.1. The Kier molecular flexibility index (Phi) is 4.90. The molecule has 5 nitrogen and oxygen atoms in total. The topological polar surface area (TPSA) is 72.9 Å². The normalized spacial score (nSPS) is 12.1. The number of nitrogens with one attached hydrogen (secondary N) is 1. The number of nitrogens with zero attached hydrogens (tertiary/aromatic N) is 2. The molecular weight excluding hydrogens is 252 g/mol. The lowest BCUT2D eigenvalue weighted by Gasteiger charge is -2.14. The predicted molar refractivity (Wildman–Crippen MR) is 78.8 cm³/mol. The number of carbonyl (C=O) groups is 1. The quantitative estimate of drug-likeness (QED) is 0.841. The zero-order valence-corrected chi connectivity index (χ0v) is 11.6. The monoisotopic (exact) mass is 272 g/mol. The molecule has 0 aliphatic carbocycles. The highest BCUT2D eigenvalue weighted by Crippen LogP contribution is 2.08. The minimum Gasteiger partial charge on any atom is -0.348 e. The molecule has 106 valence electrons. The largest absolute Gasteiger partial charge is 0.348 e. The van der Waals surface area contributed by atoms with Crippen molar-refractivity contribution in [3.63, 3.8) is 0 Å². The van der Waals surface area contributed by atoms with Crippen LogP contribution in [0.5, 0.6) is 0 Å². The molecule has 2 rings (SSSR count). The van der Waals surface area contributed by atoms with Gasteiger partial charge in [0.25, 0.3) is 5.91 Å². The molecule has 0 spiro atoms. The van der Waals surface area contributed by atoms with E-state index in [-0.39, 0.29) is 11.9 Å². The first kappa shape index (κ1) is 14.3. The summed E-state index contributed by atoms with van der Waals surface area (Å²) in [5.74, 6) is -0.129. The second kappa shape index (κ2) is 6.86. The van der Waals surface area contributed by atoms with Gasteiger partial charge in [0, 0.05) is 18.8 Å². The lowest BCUT2D eigenvalue weighted by Crippen LogP contribution is -2.39. The van der Waals surface area contributed by atoms with Crippen LogP contribution in [0.3, 0.4) is 0 Å². The van der Waals surface area contributed by atoms with Gasteiger partial charge in [-0.15, -0.1) is 0 Å². The fourth-order valence-electron chi connectivity index (χ4n) is 2.03. The lowest BCUT2D eigenvalue weighted by atomic mass is 10.1. The van der Waals surface area contributed by atoms with E-state index in [2.05, 4.69) is 17.3 Å². The van der Waals surface area contributed by atoms with Crippen LogP contribution in [0.4, 0.5) is 0 Å². The van der Waals surface area contributed by atoms with E-state index in [4.69, 9.17) is 5.73 Å². The molecule has 0 radical (unpaired) electrons. The van der Waals surface area contributed by atoms with Gasteiger partial charge in [-0.2, -0.15) is 5.10 Å². The van der Waals surface area contributed by atoms with Crippen molar-refractivity contribution >= 4 is 5.91 Å². The summed E-state index contributed by atoms with van der Waals surface area (Å²) in [6, 6.07) is 9.71. The van der Waals surface area contributed by atoms with Crippen LogP contribution in [0.15, 0.2) is 42.7 Å². The van der Waals surface area contributed by atoms with Crippen LogP contribution in [0.1, 0.15) is 30.1 Å². The standard InChI is InChI=1S/C15H20N4O/c1-2-6-13(9-16)18-15(20)12-10-17-19(11-12)14-7-4-3-5-8-14/h3-5,7-8,10-11,13H,2,6,9,16H2,1H3,(H,18,20). The van der Waals surface area contributed by atoms with E-state index in [0.717, 1.165) is 18.5 Å². The van der Waals surface area contributed by atoms with Gasteiger partial charge in [-0.1, -0.05) is 31.5 Å². The van der Waals surface area contributed by atoms with Crippen molar-refractivity contribution in [1.82, 2.24) is 15.1 Å². The second-order valence-electron chi connectivity index (χ2n) is 4.70. The zero-order chi connectivity index (χ0) is 14.4. The number of benzene rings is 1. The SMILES string of the molecule is CCCC(CN)NC(=O)c1cnn(-c2ccccc2)c1. The molecule has 1 aromatic carbocycles. The Morgan fingerprint density at radius 2 is 2.15 bits per heavy atom. The molecule has 3 N–H and O–H groups in total. The van der Waals surface area contributed by atoms with Gasteiger partial charge in [0.05, 0.1) is 17.4 Å². The van der Waals surface area contributed by atoms with Crippen molar-refractivity contribution in [3.05, 3.63) is 48.3 Å². The molecular formula is C15H20N4O. The van der Waals surface area contributed by atoms with E-state index in [9.17, 15) is 4.79 Å². The van der Waals surface area contributed by atoms with Crippen molar-refractivity contribution in [2.24, 2.45) is 5.73 Å². The van der Waals surface area contributed by atoms with Crippen molar-refractivity contribution in [2.75, 3.05) is 6.54 Å². The number of hydrogen-bond acceptors (Lipinski definition) is 3. The number of hydrogen-bond donors (Lipinski definition) is 2. The van der Waals surface area contributed by atoms with Gasteiger partial charge in [0.15, 0.2) is 0 Å². The van der Waals surface area contributed by atoms with Crippen LogP contribution in [0, 0.1) is 0 Å². The van der Waals surface area contributed by atoms with Gasteiger partial charge >= 0.3 is 0 Å². The van der Waals surface area contributed by atoms with Crippen LogP contribution in [0.25, 0.3) is 5.69 Å². The van der Waals surface area contributed by atoms with Crippen LogP contribution in [-0.2, 0) is 0 Å². The summed E-state index contributed by atoms with van der Waals surface area (Å²) < 4.78 is 1.69. The Labute approximate surface area is 118 Å². The summed E-state index contributed by atoms with van der Waals surface area (Å²) in [5, 5.41) is 7.14. The number of rotatable bonds is 6. The van der Waals surface area contributed by atoms with Crippen molar-refractivity contribution < 1.29 is 4.79 Å². The maximum absolute atomic E-state index is 12.1. The number of para-hydroxylation sites is 1. The van der Waals surface area contributed by atoms with E-state index in [1.54, 1.807) is 17.1 Å². The van der Waals surface area contributed by atoms with E-state index < -0.39 is 0 Å². The first-order valence-corrected chi connectivity index (χ1v) is 6.85. The molecule has 0 bridgehead atoms. The molecule has 1 aromatic heterocycles. The highest BCUT2D eigenvalue weighted by Gasteiger charge is 2.13. The third-order valence-corrected chi connectivity index (χ3v) is 3.12. The van der Waals surface area contributed by atoms with Gasteiger partial charge in [-0.05, 0) is 18.6 Å². The minimum absolute atomic E-state index is 0.0209. The van der Waals surface area contributed by atoms with E-state index >= 15 is 0 Å². The summed E-state index contributed by atoms with van der Waals surface area (Å²) in [6.07, 6.45) is 5.17. The van der Waals surface area contributed by atoms with Crippen LogP contribution >= 0.6 is 0 Å². The molecule has 1 amide bonds. The highest BCUT2D eigenvalue weighted by molar-refractivity contribution is 5.94. The average molecular weight is 272 g/mol. The molecule has 0 fully saturated rings. The second-order valence-corrected chi connectivity index (χ2v) is 4.70. The number of carbonyl (C=O) groups excluding carboxylic acids is 1. The summed E-state index contributed by atoms with van der Waals surface area (Å²) in [6.45, 7) is 2.52. The minimum atomic E-state index is -0.129. The molecule has 0 saturated carbocycles. The van der Waals surface area contributed by atoms with Gasteiger partial charge in [0.1, 0.15) is 0 Å². The third-order valence-electron chi connectivity index (χ3n) is 3.12. The Bertz CT molecular complexity index is 550. The van der Waals surface area contributed by atoms with Crippen LogP contribution in [-0.4, -0.2) is 28.3 Å². The van der Waals surface area contributed by atoms with E-state index in [1.807, 2.05) is 30.3 Å². The molecule has 20 heavy (non-hydrogen) atoms. The molecule has 5 heteroatoms. The van der Waals surface area contributed by atoms with Crippen molar-refractivity contribution in [2.45, 2.75) is 25.8 Å². The number of aromatic nitrogens is 2. The van der Waals surface area contributed by atoms with E-state index in [0.29, 0.717) is 12.1 Å². The smallest absolute Gasteiger partial charge is 0.254 e. The molecule has 0 saturated heterocycles. The molecule has 1 unspecified atom stereocenters. The Balaban J connectivity index is 2.07. The summed E-state index contributed by atoms with van der Waals surface area (Å²) in [4.78, 5) is 12.1. The predicted octanol–water partition coefficient (Wildman–Crippen LogP) is 1.73. The summed E-state index contributed by atoms with van der Waals surface area (Å²) >= 11 is 0. The maximum Gasteiger partial charge on any atom is 0.254 e. The average Bonchev–Trinajstić information content (AvgIpc) is 2.97. The third kappa shape index (κ3) is 3.45.